The molecule has 0 fully saturated rings. The molecule has 200 valence electrons. The van der Waals surface area contributed by atoms with Gasteiger partial charge in [0.2, 0.25) is 5.91 Å². The second-order valence-corrected chi connectivity index (χ2v) is 9.16. The molecule has 38 heavy (non-hydrogen) atoms. The van der Waals surface area contributed by atoms with Crippen LogP contribution in [0, 0.1) is 11.6 Å². The minimum atomic E-state index is -4.66. The lowest BCUT2D eigenvalue weighted by atomic mass is 10.0. The number of carbonyl (C=O) groups is 2. The molecule has 0 bridgehead atoms. The van der Waals surface area contributed by atoms with E-state index in [4.69, 9.17) is 0 Å². The minimum Gasteiger partial charge on any atom is -0.325 e. The molecule has 4 rings (SSSR count). The van der Waals surface area contributed by atoms with Crippen LogP contribution < -0.4 is 19.2 Å². The van der Waals surface area contributed by atoms with Crippen molar-refractivity contribution < 1.29 is 31.5 Å². The normalized spacial score (nSPS) is 13.6. The molecule has 0 radical (unpaired) electrons. The van der Waals surface area contributed by atoms with Gasteiger partial charge in [-0.25, -0.2) is 23.5 Å². The Kier molecular flexibility index (Phi) is 7.99. The summed E-state index contributed by atoms with van der Waals surface area (Å²) in [6.07, 6.45) is -1.73. The smallest absolute Gasteiger partial charge is 0.325 e. The zero-order valence-corrected chi connectivity index (χ0v) is 20.6. The zero-order chi connectivity index (χ0) is 27.4. The summed E-state index contributed by atoms with van der Waals surface area (Å²) in [4.78, 5) is 34.6. The van der Waals surface area contributed by atoms with E-state index in [1.165, 1.54) is 7.05 Å². The standard InChI is InChI=1S/C24H21F5N6O2S/c1-34(18-4-5-20(31-13-18)24(27,28)29)22(36)19(11-14-9-16(25)12-17(26)10-14)32-23(37)33-38-35-8-6-15-3-2-7-30-21(15)35/h2-5,7,9-10,12-13,19H,6,8,11H2,1H3,(H2,32,33,37). The number of carbonyl (C=O) groups excluding carboxylic acids is 2. The Morgan fingerprint density at radius 1 is 1.13 bits per heavy atom. The molecule has 0 saturated heterocycles. The first-order chi connectivity index (χ1) is 18.0. The molecule has 0 spiro atoms. The number of hydrogen-bond donors (Lipinski definition) is 2. The van der Waals surface area contributed by atoms with Crippen LogP contribution in [-0.2, 0) is 23.8 Å². The monoisotopic (exact) mass is 552 g/mol. The molecular weight excluding hydrogens is 531 g/mol. The van der Waals surface area contributed by atoms with Gasteiger partial charge in [0.05, 0.1) is 24.0 Å². The lowest BCUT2D eigenvalue weighted by molar-refractivity contribution is -0.141. The molecule has 1 atom stereocenters. The number of aromatic nitrogens is 2. The average Bonchev–Trinajstić information content (AvgIpc) is 3.28. The predicted molar refractivity (Wildman–Crippen MR) is 131 cm³/mol. The highest BCUT2D eigenvalue weighted by Gasteiger charge is 2.33. The average molecular weight is 553 g/mol. The summed E-state index contributed by atoms with van der Waals surface area (Å²) in [5, 5.41) is 2.48. The van der Waals surface area contributed by atoms with E-state index in [0.717, 1.165) is 59.5 Å². The molecule has 14 heteroatoms. The van der Waals surface area contributed by atoms with Crippen molar-refractivity contribution in [3.63, 3.8) is 0 Å². The van der Waals surface area contributed by atoms with Crippen LogP contribution in [0.3, 0.4) is 0 Å². The summed E-state index contributed by atoms with van der Waals surface area (Å²) in [6, 6.07) is 6.10. The molecular formula is C24H21F5N6O2S. The van der Waals surface area contributed by atoms with Gasteiger partial charge < -0.3 is 10.2 Å². The van der Waals surface area contributed by atoms with E-state index >= 15 is 0 Å². The highest BCUT2D eigenvalue weighted by Crippen LogP contribution is 2.30. The fraction of sp³-hybridized carbons (Fsp3) is 0.250. The Hall–Kier alpha value is -3.94. The van der Waals surface area contributed by atoms with Crippen molar-refractivity contribution in [2.24, 2.45) is 0 Å². The number of nitrogens with one attached hydrogen (secondary N) is 2. The van der Waals surface area contributed by atoms with Gasteiger partial charge in [0.1, 0.15) is 29.2 Å². The van der Waals surface area contributed by atoms with Crippen LogP contribution in [0.4, 0.5) is 38.3 Å². The van der Waals surface area contributed by atoms with Crippen LogP contribution in [0.5, 0.6) is 0 Å². The zero-order valence-electron chi connectivity index (χ0n) is 19.8. The Morgan fingerprint density at radius 3 is 2.53 bits per heavy atom. The van der Waals surface area contributed by atoms with Gasteiger partial charge >= 0.3 is 12.2 Å². The van der Waals surface area contributed by atoms with Crippen molar-refractivity contribution in [1.29, 1.82) is 0 Å². The number of benzene rings is 1. The van der Waals surface area contributed by atoms with Crippen molar-refractivity contribution in [3.8, 4) is 0 Å². The van der Waals surface area contributed by atoms with Gasteiger partial charge in [0.25, 0.3) is 0 Å². The molecule has 3 heterocycles. The van der Waals surface area contributed by atoms with Crippen LogP contribution in [0.2, 0.25) is 0 Å². The largest absolute Gasteiger partial charge is 0.433 e. The summed E-state index contributed by atoms with van der Waals surface area (Å²) in [5.74, 6) is -1.79. The van der Waals surface area contributed by atoms with Gasteiger partial charge in [-0.3, -0.25) is 13.8 Å². The molecule has 1 aromatic carbocycles. The third-order valence-corrected chi connectivity index (χ3v) is 6.51. The number of pyridine rings is 2. The molecule has 8 nitrogen and oxygen atoms in total. The van der Waals surface area contributed by atoms with E-state index in [9.17, 15) is 31.5 Å². The maximum absolute atomic E-state index is 13.8. The molecule has 1 aliphatic rings. The van der Waals surface area contributed by atoms with Crippen molar-refractivity contribution >= 4 is 35.6 Å². The first kappa shape index (κ1) is 27.1. The molecule has 0 saturated carbocycles. The number of alkyl halides is 3. The number of anilines is 2. The Balaban J connectivity index is 1.49. The molecule has 1 unspecified atom stereocenters. The summed E-state index contributed by atoms with van der Waals surface area (Å²) in [7, 11) is 1.28. The van der Waals surface area contributed by atoms with E-state index in [1.54, 1.807) is 16.6 Å². The molecule has 0 aliphatic carbocycles. The van der Waals surface area contributed by atoms with E-state index in [-0.39, 0.29) is 17.7 Å². The second kappa shape index (κ2) is 11.2. The van der Waals surface area contributed by atoms with Crippen molar-refractivity contribution in [2.45, 2.75) is 25.1 Å². The highest BCUT2D eigenvalue weighted by atomic mass is 32.2. The SMILES string of the molecule is CN(C(=O)C(Cc1cc(F)cc(F)c1)NC(=O)NSN1CCc2cccnc21)c1ccc(C(F)(F)F)nc1. The number of nitrogens with zero attached hydrogens (tertiary/aromatic N) is 4. The predicted octanol–water partition coefficient (Wildman–Crippen LogP) is 4.27. The number of hydrogen-bond acceptors (Lipinski definition) is 6. The lowest BCUT2D eigenvalue weighted by Gasteiger charge is -2.25. The number of amides is 3. The number of rotatable bonds is 7. The molecule has 2 N–H and O–H groups in total. The number of urea groups is 1. The third kappa shape index (κ3) is 6.49. The highest BCUT2D eigenvalue weighted by molar-refractivity contribution is 7.99. The Bertz CT molecular complexity index is 1300. The molecule has 3 aromatic rings. The Labute approximate surface area is 218 Å². The van der Waals surface area contributed by atoms with Crippen LogP contribution in [0.25, 0.3) is 0 Å². The van der Waals surface area contributed by atoms with Crippen LogP contribution >= 0.6 is 12.1 Å². The topological polar surface area (TPSA) is 90.5 Å². The molecule has 1 aliphatic heterocycles. The molecule has 3 amide bonds. The third-order valence-electron chi connectivity index (χ3n) is 5.66. The number of halogens is 5. The summed E-state index contributed by atoms with van der Waals surface area (Å²) < 4.78 is 70.4. The fourth-order valence-corrected chi connectivity index (χ4v) is 4.51. The quantitative estimate of drug-likeness (QED) is 0.336. The van der Waals surface area contributed by atoms with Gasteiger partial charge in [-0.2, -0.15) is 13.2 Å². The number of fused-ring (bicyclic) bond motifs is 1. The van der Waals surface area contributed by atoms with Gasteiger partial charge in [0.15, 0.2) is 0 Å². The van der Waals surface area contributed by atoms with Crippen LogP contribution in [0.15, 0.2) is 54.9 Å². The van der Waals surface area contributed by atoms with Crippen LogP contribution in [-0.4, -0.2) is 41.5 Å². The van der Waals surface area contributed by atoms with E-state index in [0.29, 0.717) is 18.4 Å². The maximum atomic E-state index is 13.8. The van der Waals surface area contributed by atoms with Gasteiger partial charge in [0, 0.05) is 32.3 Å². The first-order valence-electron chi connectivity index (χ1n) is 11.2. The van der Waals surface area contributed by atoms with Crippen molar-refractivity contribution in [2.75, 3.05) is 22.8 Å². The minimum absolute atomic E-state index is 0.0229. The molecule has 2 aromatic heterocycles. The first-order valence-corrected chi connectivity index (χ1v) is 12.0. The van der Waals surface area contributed by atoms with Crippen LogP contribution in [0.1, 0.15) is 16.8 Å². The van der Waals surface area contributed by atoms with E-state index in [1.807, 2.05) is 6.07 Å². The number of likely N-dealkylation sites (N-methyl/N-ethyl adjacent to an activating group) is 1. The second-order valence-electron chi connectivity index (χ2n) is 8.34. The van der Waals surface area contributed by atoms with Crippen molar-refractivity contribution in [3.05, 3.63) is 83.3 Å². The lowest BCUT2D eigenvalue weighted by Crippen LogP contribution is -2.51. The summed E-state index contributed by atoms with van der Waals surface area (Å²) in [5.41, 5.74) is -0.0169. The van der Waals surface area contributed by atoms with Gasteiger partial charge in [-0.15, -0.1) is 0 Å². The van der Waals surface area contributed by atoms with Crippen molar-refractivity contribution in [1.82, 2.24) is 20.0 Å². The fourth-order valence-electron chi connectivity index (χ4n) is 3.83. The maximum Gasteiger partial charge on any atom is 0.433 e. The van der Waals surface area contributed by atoms with E-state index in [2.05, 4.69) is 20.0 Å². The van der Waals surface area contributed by atoms with Gasteiger partial charge in [-0.1, -0.05) is 6.07 Å². The van der Waals surface area contributed by atoms with Gasteiger partial charge in [-0.05, 0) is 47.9 Å². The summed E-state index contributed by atoms with van der Waals surface area (Å²) >= 11 is 0.956. The van der Waals surface area contributed by atoms with E-state index < -0.39 is 41.5 Å². The summed E-state index contributed by atoms with van der Waals surface area (Å²) in [6.45, 7) is 0.589. The Morgan fingerprint density at radius 2 is 1.87 bits per heavy atom.